The van der Waals surface area contributed by atoms with E-state index in [0.717, 1.165) is 14.8 Å². The number of hydrogen-bond donors (Lipinski definition) is 1. The van der Waals surface area contributed by atoms with Gasteiger partial charge in [-0.25, -0.2) is 8.42 Å². The largest absolute Gasteiger partial charge is 0.492 e. The van der Waals surface area contributed by atoms with Gasteiger partial charge in [0.1, 0.15) is 18.3 Å². The van der Waals surface area contributed by atoms with Crippen molar-refractivity contribution in [1.29, 1.82) is 0 Å². The molecule has 8 nitrogen and oxygen atoms in total. The van der Waals surface area contributed by atoms with E-state index in [1.54, 1.807) is 48.5 Å². The summed E-state index contributed by atoms with van der Waals surface area (Å²) in [6.45, 7) is 7.45. The van der Waals surface area contributed by atoms with Gasteiger partial charge in [-0.15, -0.1) is 11.8 Å². The second-order valence-corrected chi connectivity index (χ2v) is 12.7. The van der Waals surface area contributed by atoms with E-state index < -0.39 is 28.5 Å². The normalized spacial score (nSPS) is 12.0. The summed E-state index contributed by atoms with van der Waals surface area (Å²) in [5.74, 6) is -0.407. The Bertz CT molecular complexity index is 1410. The molecule has 0 aromatic heterocycles. The smallest absolute Gasteiger partial charge is 0.264 e. The topological polar surface area (TPSA) is 96.0 Å². The van der Waals surface area contributed by atoms with Gasteiger partial charge in [0, 0.05) is 17.5 Å². The molecule has 3 aromatic rings. The third-order valence-corrected chi connectivity index (χ3v) is 9.18. The molecule has 226 valence electrons. The third-order valence-electron chi connectivity index (χ3n) is 6.66. The number of nitrogens with one attached hydrogen (secondary N) is 1. The summed E-state index contributed by atoms with van der Waals surface area (Å²) in [6, 6.07) is 22.1. The summed E-state index contributed by atoms with van der Waals surface area (Å²) < 4.78 is 35.2. The Morgan fingerprint density at radius 3 is 2.17 bits per heavy atom. The van der Waals surface area contributed by atoms with Gasteiger partial charge in [-0.1, -0.05) is 49.4 Å². The number of carbonyl (C=O) groups is 2. The van der Waals surface area contributed by atoms with Crippen LogP contribution in [-0.4, -0.2) is 63.2 Å². The molecule has 1 atom stereocenters. The Morgan fingerprint density at radius 1 is 0.929 bits per heavy atom. The van der Waals surface area contributed by atoms with Gasteiger partial charge in [0.15, 0.2) is 0 Å². The van der Waals surface area contributed by atoms with Gasteiger partial charge >= 0.3 is 0 Å². The lowest BCUT2D eigenvalue weighted by atomic mass is 10.1. The highest BCUT2D eigenvalue weighted by atomic mass is 32.2. The zero-order valence-electron chi connectivity index (χ0n) is 24.9. The molecule has 3 aromatic carbocycles. The summed E-state index contributed by atoms with van der Waals surface area (Å²) in [4.78, 5) is 29.9. The summed E-state index contributed by atoms with van der Waals surface area (Å²) >= 11 is 1.51. The fourth-order valence-electron chi connectivity index (χ4n) is 4.61. The van der Waals surface area contributed by atoms with Crippen LogP contribution in [0.25, 0.3) is 0 Å². The molecule has 0 saturated heterocycles. The average Bonchev–Trinajstić information content (AvgIpc) is 2.98. The summed E-state index contributed by atoms with van der Waals surface area (Å²) in [5, 5.41) is 2.92. The van der Waals surface area contributed by atoms with Crippen molar-refractivity contribution in [2.24, 2.45) is 0 Å². The zero-order chi connectivity index (χ0) is 30.7. The van der Waals surface area contributed by atoms with Gasteiger partial charge < -0.3 is 15.0 Å². The van der Waals surface area contributed by atoms with Crippen LogP contribution in [0.4, 0.5) is 5.69 Å². The van der Waals surface area contributed by atoms with Crippen LogP contribution in [0.15, 0.2) is 88.7 Å². The minimum atomic E-state index is -4.19. The van der Waals surface area contributed by atoms with Gasteiger partial charge in [0.25, 0.3) is 10.0 Å². The molecule has 0 saturated carbocycles. The lowest BCUT2D eigenvalue weighted by Crippen LogP contribution is -2.54. The Kier molecular flexibility index (Phi) is 12.3. The molecule has 42 heavy (non-hydrogen) atoms. The molecule has 0 aliphatic heterocycles. The predicted octanol–water partition coefficient (Wildman–Crippen LogP) is 5.38. The van der Waals surface area contributed by atoms with E-state index in [1.807, 2.05) is 64.3 Å². The molecule has 0 aliphatic carbocycles. The van der Waals surface area contributed by atoms with Gasteiger partial charge in [-0.05, 0) is 81.8 Å². The number of thioether (sulfide) groups is 1. The first-order valence-electron chi connectivity index (χ1n) is 14.1. The first-order chi connectivity index (χ1) is 20.1. The molecule has 1 unspecified atom stereocenters. The second kappa shape index (κ2) is 15.7. The molecule has 0 radical (unpaired) electrons. The lowest BCUT2D eigenvalue weighted by Gasteiger charge is -2.34. The van der Waals surface area contributed by atoms with Crippen molar-refractivity contribution in [3.05, 3.63) is 84.4 Å². The van der Waals surface area contributed by atoms with Crippen LogP contribution in [0, 0.1) is 0 Å². The maximum Gasteiger partial charge on any atom is 0.264 e. The van der Waals surface area contributed by atoms with E-state index in [2.05, 4.69) is 5.32 Å². The fraction of sp³-hybridized carbons (Fsp3) is 0.375. The van der Waals surface area contributed by atoms with Gasteiger partial charge in [0.05, 0.1) is 17.2 Å². The summed E-state index contributed by atoms with van der Waals surface area (Å²) in [7, 11) is -4.19. The lowest BCUT2D eigenvalue weighted by molar-refractivity contribution is -0.139. The zero-order valence-corrected chi connectivity index (χ0v) is 26.6. The molecule has 0 bridgehead atoms. The van der Waals surface area contributed by atoms with Crippen molar-refractivity contribution in [2.45, 2.75) is 62.4 Å². The van der Waals surface area contributed by atoms with Crippen LogP contribution in [0.2, 0.25) is 0 Å². The Labute approximate surface area is 254 Å². The van der Waals surface area contributed by atoms with Gasteiger partial charge in [-0.2, -0.15) is 0 Å². The predicted molar refractivity (Wildman–Crippen MR) is 170 cm³/mol. The molecule has 3 rings (SSSR count). The van der Waals surface area contributed by atoms with Gasteiger partial charge in [-0.3, -0.25) is 13.9 Å². The Balaban J connectivity index is 2.07. The second-order valence-electron chi connectivity index (χ2n) is 10.00. The maximum atomic E-state index is 14.2. The van der Waals surface area contributed by atoms with Crippen molar-refractivity contribution in [3.63, 3.8) is 0 Å². The maximum absolute atomic E-state index is 14.2. The molecule has 2 amide bonds. The number of hydrogen-bond acceptors (Lipinski definition) is 6. The summed E-state index contributed by atoms with van der Waals surface area (Å²) in [6.07, 6.45) is 2.80. The Hall–Kier alpha value is -3.50. The van der Waals surface area contributed by atoms with E-state index in [1.165, 1.54) is 16.7 Å². The van der Waals surface area contributed by atoms with Crippen LogP contribution in [0.5, 0.6) is 5.75 Å². The van der Waals surface area contributed by atoms with Crippen molar-refractivity contribution < 1.29 is 22.7 Å². The minimum absolute atomic E-state index is 0.0554. The van der Waals surface area contributed by atoms with E-state index >= 15 is 0 Å². The van der Waals surface area contributed by atoms with E-state index in [0.29, 0.717) is 25.2 Å². The van der Waals surface area contributed by atoms with Crippen LogP contribution >= 0.6 is 11.8 Å². The number of sulfonamides is 1. The van der Waals surface area contributed by atoms with Crippen molar-refractivity contribution >= 4 is 39.3 Å². The number of nitrogens with zero attached hydrogens (tertiary/aromatic N) is 2. The summed E-state index contributed by atoms with van der Waals surface area (Å²) in [5.41, 5.74) is 1.26. The highest BCUT2D eigenvalue weighted by Crippen LogP contribution is 2.33. The van der Waals surface area contributed by atoms with E-state index in [-0.39, 0.29) is 29.1 Å². The monoisotopic (exact) mass is 611 g/mol. The first kappa shape index (κ1) is 33.0. The van der Waals surface area contributed by atoms with Crippen LogP contribution in [0.3, 0.4) is 0 Å². The minimum Gasteiger partial charge on any atom is -0.492 e. The molecule has 0 spiro atoms. The molecule has 1 N–H and O–H groups in total. The van der Waals surface area contributed by atoms with E-state index in [9.17, 15) is 18.0 Å². The number of para-hydroxylation sites is 2. The van der Waals surface area contributed by atoms with Crippen molar-refractivity contribution in [3.8, 4) is 5.75 Å². The number of benzene rings is 3. The van der Waals surface area contributed by atoms with Crippen molar-refractivity contribution in [2.75, 3.05) is 30.3 Å². The van der Waals surface area contributed by atoms with Crippen molar-refractivity contribution in [1.82, 2.24) is 10.2 Å². The quantitative estimate of drug-likeness (QED) is 0.232. The molecule has 10 heteroatoms. The molecule has 0 heterocycles. The highest BCUT2D eigenvalue weighted by Gasteiger charge is 2.34. The van der Waals surface area contributed by atoms with E-state index in [4.69, 9.17) is 4.74 Å². The molecular weight excluding hydrogens is 571 g/mol. The molecule has 0 aliphatic rings. The molecular formula is C32H41N3O5S2. The highest BCUT2D eigenvalue weighted by molar-refractivity contribution is 7.98. The SMILES string of the molecule is CCOc1ccccc1N(CC(=O)N(CCc1ccccc1)C(CC)C(=O)NC(C)C)S(=O)(=O)c1ccc(SC)cc1. The average molecular weight is 612 g/mol. The Morgan fingerprint density at radius 2 is 1.57 bits per heavy atom. The third kappa shape index (κ3) is 8.51. The fourth-order valence-corrected chi connectivity index (χ4v) is 6.44. The number of anilines is 1. The first-order valence-corrected chi connectivity index (χ1v) is 16.8. The number of carbonyl (C=O) groups excluding carboxylic acids is 2. The number of amides is 2. The van der Waals surface area contributed by atoms with Gasteiger partial charge in [0.2, 0.25) is 11.8 Å². The number of rotatable bonds is 15. The molecule has 0 fully saturated rings. The van der Waals surface area contributed by atoms with Crippen LogP contribution in [0.1, 0.15) is 39.7 Å². The number of ether oxygens (including phenoxy) is 1. The van der Waals surface area contributed by atoms with Crippen LogP contribution < -0.4 is 14.4 Å². The van der Waals surface area contributed by atoms with Crippen LogP contribution in [-0.2, 0) is 26.0 Å². The standard InChI is InChI=1S/C32H41N3O5S2/c1-6-28(32(37)33-24(3)4)34(22-21-25-13-9-8-10-14-25)31(36)23-35(29-15-11-12-16-30(29)40-7-2)42(38,39)27-19-17-26(41-5)18-20-27/h8-20,24,28H,6-7,21-23H2,1-5H3,(H,33,37).